The van der Waals surface area contributed by atoms with Crippen LogP contribution in [0.2, 0.25) is 0 Å². The van der Waals surface area contributed by atoms with Crippen molar-refractivity contribution in [1.82, 2.24) is 29.1 Å². The standard InChI is InChI=1S/C15H22FN3O6.C10H12FN5O4/c1-3-4-5-6-24-15(23)18-12-9(16)7-19(14(22)17-12)13-11(21)10(20)8(2)25-13;11-10-14-7(12)4-8(15-10)16(2-13-4)9-6(19)5(18)3(1-17)20-9/h7-8,10-11,13,20-21H,3-6H2,1-2H3,(H,17,18,22,23);2-3,5-6,9,17-19H,1H2,(H2,12,14,15)/t8-,10-,11-,13-;3-,5-,6+,9-/m11/s1. The highest BCUT2D eigenvalue weighted by molar-refractivity contribution is 5.83. The summed E-state index contributed by atoms with van der Waals surface area (Å²) < 4.78 is 44.7. The molecular formula is C25H34F2N8O10. The minimum Gasteiger partial charge on any atom is -0.449 e. The van der Waals surface area contributed by atoms with Crippen molar-refractivity contribution in [3.05, 3.63) is 34.9 Å². The number of amides is 1. The number of halogens is 2. The predicted octanol–water partition coefficient (Wildman–Crippen LogP) is -1.08. The van der Waals surface area contributed by atoms with E-state index in [1.54, 1.807) is 0 Å². The summed E-state index contributed by atoms with van der Waals surface area (Å²) in [6, 6.07) is 0. The number of aliphatic hydroxyl groups is 5. The van der Waals surface area contributed by atoms with Gasteiger partial charge in [-0.15, -0.1) is 0 Å². The number of carbonyl (C=O) groups is 1. The van der Waals surface area contributed by atoms with Crippen LogP contribution in [0, 0.1) is 11.9 Å². The first-order valence-electron chi connectivity index (χ1n) is 13.9. The second-order valence-corrected chi connectivity index (χ2v) is 10.2. The summed E-state index contributed by atoms with van der Waals surface area (Å²) in [5, 5.41) is 50.3. The molecule has 2 aliphatic rings. The number of unbranched alkanes of at least 4 members (excludes halogenated alkanes) is 2. The van der Waals surface area contributed by atoms with Gasteiger partial charge in [-0.3, -0.25) is 14.5 Å². The second kappa shape index (κ2) is 14.5. The van der Waals surface area contributed by atoms with Gasteiger partial charge in [-0.05, 0) is 13.3 Å². The van der Waals surface area contributed by atoms with Gasteiger partial charge in [0.05, 0.1) is 31.8 Å². The van der Waals surface area contributed by atoms with Crippen LogP contribution in [0.1, 0.15) is 45.6 Å². The molecule has 18 nitrogen and oxygen atoms in total. The van der Waals surface area contributed by atoms with Crippen molar-refractivity contribution in [3.63, 3.8) is 0 Å². The molecule has 2 fully saturated rings. The molecule has 0 saturated carbocycles. The van der Waals surface area contributed by atoms with E-state index in [1.165, 1.54) is 17.8 Å². The Morgan fingerprint density at radius 2 is 1.73 bits per heavy atom. The van der Waals surface area contributed by atoms with Crippen LogP contribution in [0.25, 0.3) is 11.2 Å². The third-order valence-electron chi connectivity index (χ3n) is 7.07. The Morgan fingerprint density at radius 3 is 2.36 bits per heavy atom. The van der Waals surface area contributed by atoms with Crippen molar-refractivity contribution in [2.75, 3.05) is 24.3 Å². The minimum atomic E-state index is -1.41. The molecule has 2 saturated heterocycles. The Hall–Kier alpha value is -3.92. The van der Waals surface area contributed by atoms with Crippen LogP contribution in [0.5, 0.6) is 0 Å². The fraction of sp³-hybridized carbons (Fsp3) is 0.600. The molecule has 5 rings (SSSR count). The van der Waals surface area contributed by atoms with E-state index in [0.29, 0.717) is 6.42 Å². The topological polar surface area (TPSA) is 262 Å². The highest BCUT2D eigenvalue weighted by atomic mass is 19.1. The second-order valence-electron chi connectivity index (χ2n) is 10.2. The number of fused-ring (bicyclic) bond motifs is 1. The summed E-state index contributed by atoms with van der Waals surface area (Å²) >= 11 is 0. The number of carbonyl (C=O) groups excluding carboxylic acids is 1. The first kappa shape index (κ1) is 34.0. The molecule has 2 aliphatic heterocycles. The maximum atomic E-state index is 14.1. The van der Waals surface area contributed by atoms with E-state index in [9.17, 15) is 38.8 Å². The molecule has 0 aromatic carbocycles. The highest BCUT2D eigenvalue weighted by Gasteiger charge is 2.44. The van der Waals surface area contributed by atoms with Gasteiger partial charge in [0.25, 0.3) is 0 Å². The molecule has 45 heavy (non-hydrogen) atoms. The van der Waals surface area contributed by atoms with E-state index in [0.717, 1.165) is 23.6 Å². The summed E-state index contributed by atoms with van der Waals surface area (Å²) in [5.41, 5.74) is 4.76. The van der Waals surface area contributed by atoms with Gasteiger partial charge in [-0.1, -0.05) is 19.8 Å². The number of anilines is 2. The Labute approximate surface area is 253 Å². The van der Waals surface area contributed by atoms with Crippen LogP contribution in [0.15, 0.2) is 17.3 Å². The van der Waals surface area contributed by atoms with Gasteiger partial charge >= 0.3 is 17.9 Å². The van der Waals surface area contributed by atoms with Crippen molar-refractivity contribution < 1.29 is 53.3 Å². The molecule has 1 amide bonds. The molecule has 8 atom stereocenters. The summed E-state index contributed by atoms with van der Waals surface area (Å²) in [5.74, 6) is -1.73. The molecule has 0 radical (unpaired) electrons. The average Bonchev–Trinajstić information content (AvgIpc) is 3.63. The van der Waals surface area contributed by atoms with Gasteiger partial charge in [0.15, 0.2) is 41.1 Å². The van der Waals surface area contributed by atoms with Gasteiger partial charge in [0, 0.05) is 0 Å². The Balaban J connectivity index is 0.000000209. The molecule has 3 aromatic heterocycles. The number of aliphatic hydroxyl groups excluding tert-OH is 5. The molecule has 0 bridgehead atoms. The van der Waals surface area contributed by atoms with Gasteiger partial charge in [-0.2, -0.15) is 19.3 Å². The number of aromatic nitrogens is 6. The minimum absolute atomic E-state index is 0.0323. The number of ether oxygens (including phenoxy) is 3. The molecular weight excluding hydrogens is 610 g/mol. The molecule has 5 heterocycles. The van der Waals surface area contributed by atoms with E-state index < -0.39 is 85.2 Å². The number of nitrogens with one attached hydrogen (secondary N) is 1. The zero-order chi connectivity index (χ0) is 33.0. The van der Waals surface area contributed by atoms with Crippen molar-refractivity contribution in [1.29, 1.82) is 0 Å². The van der Waals surface area contributed by atoms with E-state index in [4.69, 9.17) is 25.1 Å². The van der Waals surface area contributed by atoms with Crippen molar-refractivity contribution in [2.45, 2.75) is 82.2 Å². The van der Waals surface area contributed by atoms with Crippen LogP contribution < -0.4 is 16.7 Å². The van der Waals surface area contributed by atoms with Crippen LogP contribution in [0.4, 0.5) is 25.2 Å². The third-order valence-corrected chi connectivity index (χ3v) is 7.07. The van der Waals surface area contributed by atoms with Gasteiger partial charge in [0.1, 0.15) is 30.5 Å². The van der Waals surface area contributed by atoms with Crippen LogP contribution in [-0.4, -0.2) is 111 Å². The number of hydrogen-bond acceptors (Lipinski definition) is 15. The Morgan fingerprint density at radius 1 is 1.04 bits per heavy atom. The number of nitrogens with zero attached hydrogens (tertiary/aromatic N) is 6. The number of hydrogen-bond donors (Lipinski definition) is 7. The largest absolute Gasteiger partial charge is 0.449 e. The fourth-order valence-corrected chi connectivity index (χ4v) is 4.63. The van der Waals surface area contributed by atoms with Gasteiger partial charge in [-0.25, -0.2) is 19.0 Å². The maximum absolute atomic E-state index is 14.1. The summed E-state index contributed by atoms with van der Waals surface area (Å²) in [7, 11) is 0. The molecule has 8 N–H and O–H groups in total. The summed E-state index contributed by atoms with van der Waals surface area (Å²) in [4.78, 5) is 37.9. The van der Waals surface area contributed by atoms with E-state index in [-0.39, 0.29) is 23.6 Å². The quantitative estimate of drug-likeness (QED) is 0.114. The van der Waals surface area contributed by atoms with Crippen molar-refractivity contribution in [3.8, 4) is 0 Å². The van der Waals surface area contributed by atoms with E-state index in [1.807, 2.05) is 6.92 Å². The number of rotatable bonds is 8. The highest BCUT2D eigenvalue weighted by Crippen LogP contribution is 2.32. The molecule has 0 aliphatic carbocycles. The number of nitrogen functional groups attached to an aromatic ring is 1. The van der Waals surface area contributed by atoms with Gasteiger partial charge in [0.2, 0.25) is 0 Å². The first-order valence-corrected chi connectivity index (χ1v) is 13.9. The number of imidazole rings is 1. The molecule has 248 valence electrons. The molecule has 0 spiro atoms. The van der Waals surface area contributed by atoms with Gasteiger partial charge < -0.3 is 45.5 Å². The predicted molar refractivity (Wildman–Crippen MR) is 147 cm³/mol. The normalized spacial score (nSPS) is 27.8. The average molecular weight is 645 g/mol. The van der Waals surface area contributed by atoms with E-state index >= 15 is 0 Å². The smallest absolute Gasteiger partial charge is 0.412 e. The lowest BCUT2D eigenvalue weighted by atomic mass is 10.1. The Bertz CT molecular complexity index is 1540. The molecule has 3 aromatic rings. The van der Waals surface area contributed by atoms with Crippen molar-refractivity contribution >= 4 is 28.9 Å². The SMILES string of the molecule is CCCCCOC(=O)Nc1nc(=O)n([C@@H]2O[C@H](C)[C@@H](O)[C@H]2O)cc1F.Nc1nc(F)nc2c1ncn2[C@@H]1O[C@H](CO)[C@@H](O)[C@@H]1O. The zero-order valence-corrected chi connectivity index (χ0v) is 24.1. The maximum Gasteiger partial charge on any atom is 0.412 e. The van der Waals surface area contributed by atoms with Crippen LogP contribution in [-0.2, 0) is 14.2 Å². The molecule has 0 unspecified atom stereocenters. The third kappa shape index (κ3) is 7.32. The Kier molecular flexibility index (Phi) is 10.9. The van der Waals surface area contributed by atoms with Crippen LogP contribution >= 0.6 is 0 Å². The monoisotopic (exact) mass is 644 g/mol. The lowest BCUT2D eigenvalue weighted by Gasteiger charge is -2.17. The lowest BCUT2D eigenvalue weighted by molar-refractivity contribution is -0.0511. The fourth-order valence-electron chi connectivity index (χ4n) is 4.63. The number of nitrogens with two attached hydrogens (primary N) is 1. The first-order chi connectivity index (χ1) is 21.4. The lowest BCUT2D eigenvalue weighted by Crippen LogP contribution is -2.36. The molecule has 20 heteroatoms. The zero-order valence-electron chi connectivity index (χ0n) is 24.1. The van der Waals surface area contributed by atoms with Crippen LogP contribution in [0.3, 0.4) is 0 Å². The van der Waals surface area contributed by atoms with E-state index in [2.05, 4.69) is 25.3 Å². The summed E-state index contributed by atoms with van der Waals surface area (Å²) in [6.07, 6.45) is -6.63. The van der Waals surface area contributed by atoms with Crippen molar-refractivity contribution in [2.24, 2.45) is 0 Å². The summed E-state index contributed by atoms with van der Waals surface area (Å²) in [6.45, 7) is 3.22.